The van der Waals surface area contributed by atoms with Crippen molar-refractivity contribution >= 4 is 11.6 Å². The van der Waals surface area contributed by atoms with E-state index in [1.54, 1.807) is 18.2 Å². The molecule has 0 unspecified atom stereocenters. The van der Waals surface area contributed by atoms with E-state index in [2.05, 4.69) is 4.90 Å². The van der Waals surface area contributed by atoms with E-state index in [1.807, 2.05) is 30.9 Å². The Labute approximate surface area is 159 Å². The number of hydrogen-bond donors (Lipinski definition) is 1. The lowest BCUT2D eigenvalue weighted by atomic mass is 10.1. The van der Waals surface area contributed by atoms with Crippen LogP contribution in [0.2, 0.25) is 0 Å². The van der Waals surface area contributed by atoms with Gasteiger partial charge in [0, 0.05) is 32.2 Å². The van der Waals surface area contributed by atoms with Crippen LogP contribution in [-0.4, -0.2) is 48.0 Å². The summed E-state index contributed by atoms with van der Waals surface area (Å²) in [6, 6.07) is 12.2. The van der Waals surface area contributed by atoms with E-state index in [0.717, 1.165) is 30.8 Å². The fourth-order valence-electron chi connectivity index (χ4n) is 3.42. The van der Waals surface area contributed by atoms with Gasteiger partial charge in [0.15, 0.2) is 6.61 Å². The van der Waals surface area contributed by atoms with Crippen LogP contribution >= 0.6 is 0 Å². The van der Waals surface area contributed by atoms with Crippen LogP contribution in [0.1, 0.15) is 18.1 Å². The van der Waals surface area contributed by atoms with Crippen LogP contribution in [0.3, 0.4) is 0 Å². The Morgan fingerprint density at radius 2 is 1.96 bits per heavy atom. The highest BCUT2D eigenvalue weighted by molar-refractivity contribution is 5.78. The summed E-state index contributed by atoms with van der Waals surface area (Å²) >= 11 is 0. The molecule has 0 spiro atoms. The molecule has 1 atom stereocenters. The van der Waals surface area contributed by atoms with E-state index in [9.17, 15) is 9.18 Å². The van der Waals surface area contributed by atoms with Crippen molar-refractivity contribution in [3.05, 3.63) is 59.4 Å². The molecule has 2 aromatic carbocycles. The van der Waals surface area contributed by atoms with Gasteiger partial charge in [-0.25, -0.2) is 4.39 Å². The van der Waals surface area contributed by atoms with Gasteiger partial charge in [0.25, 0.3) is 5.91 Å². The summed E-state index contributed by atoms with van der Waals surface area (Å²) < 4.78 is 18.7. The first-order chi connectivity index (χ1) is 12.9. The zero-order valence-corrected chi connectivity index (χ0v) is 15.8. The molecule has 0 aliphatic carbocycles. The number of ether oxygens (including phenoxy) is 1. The maximum Gasteiger partial charge on any atom is 0.260 e. The molecule has 6 heteroatoms. The highest BCUT2D eigenvalue weighted by Crippen LogP contribution is 2.22. The van der Waals surface area contributed by atoms with Crippen LogP contribution in [0.4, 0.5) is 10.1 Å². The Kier molecular flexibility index (Phi) is 5.96. The largest absolute Gasteiger partial charge is 0.482 e. The van der Waals surface area contributed by atoms with Gasteiger partial charge in [0.05, 0.1) is 5.69 Å². The number of benzene rings is 2. The molecule has 1 aliphatic rings. The number of halogens is 1. The molecule has 5 nitrogen and oxygen atoms in total. The first-order valence-corrected chi connectivity index (χ1v) is 9.17. The molecule has 144 valence electrons. The van der Waals surface area contributed by atoms with E-state index >= 15 is 0 Å². The normalized spacial score (nSPS) is 17.7. The Morgan fingerprint density at radius 1 is 1.22 bits per heavy atom. The van der Waals surface area contributed by atoms with Crippen LogP contribution in [0, 0.1) is 12.7 Å². The molecular weight excluding hydrogens is 345 g/mol. The highest BCUT2D eigenvalue weighted by atomic mass is 19.1. The van der Waals surface area contributed by atoms with Crippen molar-refractivity contribution in [2.75, 3.05) is 32.0 Å². The molecule has 1 aliphatic heterocycles. The number of anilines is 1. The third-order valence-electron chi connectivity index (χ3n) is 4.87. The average molecular weight is 371 g/mol. The number of amides is 1. The first-order valence-electron chi connectivity index (χ1n) is 9.17. The van der Waals surface area contributed by atoms with Crippen LogP contribution in [0.25, 0.3) is 0 Å². The van der Waals surface area contributed by atoms with Crippen LogP contribution in [0.15, 0.2) is 42.5 Å². The number of nitrogen functional groups attached to an aromatic ring is 1. The number of nitrogens with two attached hydrogens (primary N) is 1. The van der Waals surface area contributed by atoms with Gasteiger partial charge in [-0.15, -0.1) is 0 Å². The van der Waals surface area contributed by atoms with Crippen LogP contribution in [-0.2, 0) is 11.3 Å². The van der Waals surface area contributed by atoms with E-state index in [0.29, 0.717) is 18.0 Å². The fourth-order valence-corrected chi connectivity index (χ4v) is 3.42. The van der Waals surface area contributed by atoms with Gasteiger partial charge >= 0.3 is 0 Å². The Balaban J connectivity index is 1.51. The van der Waals surface area contributed by atoms with Gasteiger partial charge in [-0.05, 0) is 49.2 Å². The van der Waals surface area contributed by atoms with Gasteiger partial charge in [-0.2, -0.15) is 0 Å². The molecule has 2 aromatic rings. The summed E-state index contributed by atoms with van der Waals surface area (Å²) in [7, 11) is 0. The van der Waals surface area contributed by atoms with Gasteiger partial charge < -0.3 is 15.4 Å². The maximum atomic E-state index is 13.0. The minimum Gasteiger partial charge on any atom is -0.482 e. The van der Waals surface area contributed by atoms with E-state index in [4.69, 9.17) is 10.5 Å². The SMILES string of the molecule is Cc1ccc(OCC(=O)N2CCN(Cc3ccc(F)cc3)C[C@H]2C)c(N)c1. The van der Waals surface area contributed by atoms with E-state index in [-0.39, 0.29) is 24.4 Å². The summed E-state index contributed by atoms with van der Waals surface area (Å²) in [4.78, 5) is 16.7. The number of carbonyl (C=O) groups is 1. The van der Waals surface area contributed by atoms with Crippen LogP contribution < -0.4 is 10.5 Å². The second-order valence-corrected chi connectivity index (χ2v) is 7.13. The van der Waals surface area contributed by atoms with Gasteiger partial charge in [-0.3, -0.25) is 9.69 Å². The lowest BCUT2D eigenvalue weighted by Crippen LogP contribution is -2.54. The highest BCUT2D eigenvalue weighted by Gasteiger charge is 2.27. The minimum atomic E-state index is -0.225. The van der Waals surface area contributed by atoms with Gasteiger partial charge in [-0.1, -0.05) is 18.2 Å². The zero-order chi connectivity index (χ0) is 19.4. The van der Waals surface area contributed by atoms with Crippen LogP contribution in [0.5, 0.6) is 5.75 Å². The molecule has 2 N–H and O–H groups in total. The Morgan fingerprint density at radius 3 is 2.63 bits per heavy atom. The monoisotopic (exact) mass is 371 g/mol. The number of carbonyl (C=O) groups excluding carboxylic acids is 1. The number of hydrogen-bond acceptors (Lipinski definition) is 4. The van der Waals surface area contributed by atoms with Crippen molar-refractivity contribution in [3.63, 3.8) is 0 Å². The van der Waals surface area contributed by atoms with Gasteiger partial charge in [0.1, 0.15) is 11.6 Å². The van der Waals surface area contributed by atoms with Crippen molar-refractivity contribution in [2.24, 2.45) is 0 Å². The van der Waals surface area contributed by atoms with Crippen molar-refractivity contribution in [2.45, 2.75) is 26.4 Å². The minimum absolute atomic E-state index is 0.0183. The third-order valence-corrected chi connectivity index (χ3v) is 4.87. The molecule has 1 saturated heterocycles. The summed E-state index contributed by atoms with van der Waals surface area (Å²) in [6.07, 6.45) is 0. The second kappa shape index (κ2) is 8.39. The molecule has 1 heterocycles. The molecule has 1 amide bonds. The summed E-state index contributed by atoms with van der Waals surface area (Å²) in [5.74, 6) is 0.275. The molecule has 0 saturated carbocycles. The summed E-state index contributed by atoms with van der Waals surface area (Å²) in [6.45, 7) is 6.93. The molecule has 3 rings (SSSR count). The molecule has 0 radical (unpaired) electrons. The Hall–Kier alpha value is -2.60. The molecule has 0 aromatic heterocycles. The second-order valence-electron chi connectivity index (χ2n) is 7.13. The summed E-state index contributed by atoms with van der Waals surface area (Å²) in [5, 5.41) is 0. The maximum absolute atomic E-state index is 13.0. The predicted octanol–water partition coefficient (Wildman–Crippen LogP) is 2.83. The Bertz CT molecular complexity index is 795. The van der Waals surface area contributed by atoms with E-state index < -0.39 is 0 Å². The first kappa shape index (κ1) is 19.2. The molecular formula is C21H26FN3O2. The predicted molar refractivity (Wildman–Crippen MR) is 104 cm³/mol. The van der Waals surface area contributed by atoms with Crippen molar-refractivity contribution in [3.8, 4) is 5.75 Å². The standard InChI is InChI=1S/C21H26FN3O2/c1-15-3-8-20(19(23)11-15)27-14-21(26)25-10-9-24(12-16(25)2)13-17-4-6-18(22)7-5-17/h3-8,11,16H,9-10,12-14,23H2,1-2H3/t16-/m1/s1. The number of nitrogens with zero attached hydrogens (tertiary/aromatic N) is 2. The van der Waals surface area contributed by atoms with Gasteiger partial charge in [0.2, 0.25) is 0 Å². The number of rotatable bonds is 5. The molecule has 0 bridgehead atoms. The quantitative estimate of drug-likeness (QED) is 0.821. The lowest BCUT2D eigenvalue weighted by Gasteiger charge is -2.39. The number of piperazine rings is 1. The third kappa shape index (κ3) is 4.98. The molecule has 27 heavy (non-hydrogen) atoms. The van der Waals surface area contributed by atoms with Crippen molar-refractivity contribution in [1.29, 1.82) is 0 Å². The van der Waals surface area contributed by atoms with Crippen molar-refractivity contribution in [1.82, 2.24) is 9.80 Å². The van der Waals surface area contributed by atoms with Crippen molar-refractivity contribution < 1.29 is 13.9 Å². The van der Waals surface area contributed by atoms with E-state index in [1.165, 1.54) is 12.1 Å². The lowest BCUT2D eigenvalue weighted by molar-refractivity contribution is -0.137. The zero-order valence-electron chi connectivity index (χ0n) is 15.8. The molecule has 1 fully saturated rings. The topological polar surface area (TPSA) is 58.8 Å². The smallest absolute Gasteiger partial charge is 0.260 e. The fraction of sp³-hybridized carbons (Fsp3) is 0.381. The number of aryl methyl sites for hydroxylation is 1. The average Bonchev–Trinajstić information content (AvgIpc) is 2.63. The summed E-state index contributed by atoms with van der Waals surface area (Å²) in [5.41, 5.74) is 8.60.